The highest BCUT2D eigenvalue weighted by atomic mass is 32.2. The van der Waals surface area contributed by atoms with Crippen molar-refractivity contribution in [3.05, 3.63) is 35.9 Å². The van der Waals surface area contributed by atoms with Gasteiger partial charge in [-0.15, -0.1) is 11.8 Å². The lowest BCUT2D eigenvalue weighted by Crippen LogP contribution is -2.51. The fourth-order valence-electron chi connectivity index (χ4n) is 2.46. The zero-order valence-electron chi connectivity index (χ0n) is 11.6. The van der Waals surface area contributed by atoms with Crippen LogP contribution in [0.25, 0.3) is 0 Å². The Bertz CT molecular complexity index is 410. The third-order valence-corrected chi connectivity index (χ3v) is 4.69. The Morgan fingerprint density at radius 2 is 2.16 bits per heavy atom. The molecule has 0 spiro atoms. The minimum Gasteiger partial charge on any atom is -0.351 e. The molecule has 1 aromatic carbocycles. The lowest BCUT2D eigenvalue weighted by molar-refractivity contribution is -0.121. The smallest absolute Gasteiger partial charge is 0.237 e. The maximum absolute atomic E-state index is 12.4. The summed E-state index contributed by atoms with van der Waals surface area (Å²) >= 11 is 1.59. The number of thioether (sulfide) groups is 1. The maximum Gasteiger partial charge on any atom is 0.237 e. The summed E-state index contributed by atoms with van der Waals surface area (Å²) in [5, 5.41) is 6.43. The molecule has 1 aliphatic heterocycles. The highest BCUT2D eigenvalue weighted by Crippen LogP contribution is 2.27. The molecule has 2 N–H and O–H groups in total. The molecule has 1 aliphatic rings. The van der Waals surface area contributed by atoms with Gasteiger partial charge in [-0.3, -0.25) is 4.79 Å². The lowest BCUT2D eigenvalue weighted by atomic mass is 9.94. The van der Waals surface area contributed by atoms with Gasteiger partial charge >= 0.3 is 0 Å². The van der Waals surface area contributed by atoms with E-state index in [1.807, 2.05) is 36.6 Å². The van der Waals surface area contributed by atoms with Gasteiger partial charge in [0.25, 0.3) is 0 Å². The van der Waals surface area contributed by atoms with Gasteiger partial charge in [0.2, 0.25) is 5.91 Å². The number of amides is 1. The average molecular weight is 278 g/mol. The quantitative estimate of drug-likeness (QED) is 0.887. The van der Waals surface area contributed by atoms with Gasteiger partial charge < -0.3 is 10.6 Å². The second kappa shape index (κ2) is 6.96. The van der Waals surface area contributed by atoms with Crippen molar-refractivity contribution >= 4 is 17.7 Å². The molecule has 1 aromatic rings. The first-order valence-corrected chi connectivity index (χ1v) is 8.10. The van der Waals surface area contributed by atoms with Crippen LogP contribution in [0.3, 0.4) is 0 Å². The fraction of sp³-hybridized carbons (Fsp3) is 0.533. The number of carbonyl (C=O) groups is 1. The number of nitrogens with one attached hydrogen (secondary N) is 2. The van der Waals surface area contributed by atoms with Crippen LogP contribution in [-0.4, -0.2) is 31.3 Å². The van der Waals surface area contributed by atoms with E-state index in [9.17, 15) is 4.79 Å². The Labute approximate surface area is 119 Å². The zero-order chi connectivity index (χ0) is 13.7. The van der Waals surface area contributed by atoms with Gasteiger partial charge in [0.15, 0.2) is 0 Å². The minimum atomic E-state index is -0.115. The number of rotatable bonds is 4. The monoisotopic (exact) mass is 278 g/mol. The van der Waals surface area contributed by atoms with Gasteiger partial charge in [-0.05, 0) is 30.7 Å². The molecular weight excluding hydrogens is 256 g/mol. The summed E-state index contributed by atoms with van der Waals surface area (Å²) in [6.45, 7) is 4.14. The van der Waals surface area contributed by atoms with Gasteiger partial charge in [0.1, 0.15) is 5.25 Å². The van der Waals surface area contributed by atoms with Crippen LogP contribution in [0.1, 0.15) is 24.2 Å². The van der Waals surface area contributed by atoms with E-state index in [-0.39, 0.29) is 17.2 Å². The third-order valence-electron chi connectivity index (χ3n) is 3.73. The van der Waals surface area contributed by atoms with Crippen LogP contribution in [0.2, 0.25) is 0 Å². The number of hydrogen-bond donors (Lipinski definition) is 2. The van der Waals surface area contributed by atoms with Crippen molar-refractivity contribution in [2.24, 2.45) is 5.92 Å². The standard InChI is InChI=1S/C15H22N2OS/c1-11-8-9-16-10-13(11)17-15(18)14(19-2)12-6-4-3-5-7-12/h3-7,11,13-14,16H,8-10H2,1-2H3,(H,17,18). The number of piperidine rings is 1. The summed E-state index contributed by atoms with van der Waals surface area (Å²) in [6.07, 6.45) is 3.11. The van der Waals surface area contributed by atoms with E-state index in [2.05, 4.69) is 17.6 Å². The van der Waals surface area contributed by atoms with Crippen LogP contribution in [-0.2, 0) is 4.79 Å². The number of carbonyl (C=O) groups excluding carboxylic acids is 1. The third kappa shape index (κ3) is 3.74. The molecule has 0 aromatic heterocycles. The predicted molar refractivity (Wildman–Crippen MR) is 81.3 cm³/mol. The Morgan fingerprint density at radius 3 is 2.79 bits per heavy atom. The first kappa shape index (κ1) is 14.4. The highest BCUT2D eigenvalue weighted by Gasteiger charge is 2.26. The molecular formula is C15H22N2OS. The van der Waals surface area contributed by atoms with E-state index in [4.69, 9.17) is 0 Å². The molecule has 2 rings (SSSR count). The SMILES string of the molecule is CSC(C(=O)NC1CNCCC1C)c1ccccc1. The van der Waals surface area contributed by atoms with Gasteiger partial charge in [0, 0.05) is 12.6 Å². The van der Waals surface area contributed by atoms with Gasteiger partial charge in [0.05, 0.1) is 0 Å². The molecule has 3 nitrogen and oxygen atoms in total. The molecule has 0 bridgehead atoms. The molecule has 1 fully saturated rings. The van der Waals surface area contributed by atoms with Crippen LogP contribution >= 0.6 is 11.8 Å². The van der Waals surface area contributed by atoms with E-state index in [1.165, 1.54) is 0 Å². The summed E-state index contributed by atoms with van der Waals surface area (Å²) in [5.41, 5.74) is 1.07. The zero-order valence-corrected chi connectivity index (χ0v) is 12.4. The van der Waals surface area contributed by atoms with Gasteiger partial charge in [-0.1, -0.05) is 37.3 Å². The number of hydrogen-bond acceptors (Lipinski definition) is 3. The van der Waals surface area contributed by atoms with Gasteiger partial charge in [-0.2, -0.15) is 0 Å². The second-order valence-corrected chi connectivity index (χ2v) is 6.05. The molecule has 1 heterocycles. The summed E-state index contributed by atoms with van der Waals surface area (Å²) in [6, 6.07) is 10.2. The summed E-state index contributed by atoms with van der Waals surface area (Å²) in [5.74, 6) is 0.669. The van der Waals surface area contributed by atoms with Gasteiger partial charge in [-0.25, -0.2) is 0 Å². The van der Waals surface area contributed by atoms with Crippen molar-refractivity contribution in [3.63, 3.8) is 0 Å². The van der Waals surface area contributed by atoms with E-state index < -0.39 is 0 Å². The van der Waals surface area contributed by atoms with Crippen LogP contribution in [0, 0.1) is 5.92 Å². The van der Waals surface area contributed by atoms with Crippen molar-refractivity contribution in [2.45, 2.75) is 24.6 Å². The van der Waals surface area contributed by atoms with E-state index in [0.717, 1.165) is 25.1 Å². The first-order valence-electron chi connectivity index (χ1n) is 6.81. The van der Waals surface area contributed by atoms with E-state index in [1.54, 1.807) is 11.8 Å². The molecule has 1 amide bonds. The van der Waals surface area contributed by atoms with E-state index in [0.29, 0.717) is 5.92 Å². The lowest BCUT2D eigenvalue weighted by Gasteiger charge is -2.31. The molecule has 3 unspecified atom stereocenters. The van der Waals surface area contributed by atoms with Crippen molar-refractivity contribution in [3.8, 4) is 0 Å². The summed E-state index contributed by atoms with van der Waals surface area (Å²) < 4.78 is 0. The highest BCUT2D eigenvalue weighted by molar-refractivity contribution is 7.99. The van der Waals surface area contributed by atoms with Crippen LogP contribution in [0.15, 0.2) is 30.3 Å². The van der Waals surface area contributed by atoms with Crippen LogP contribution in [0.5, 0.6) is 0 Å². The second-order valence-electron chi connectivity index (χ2n) is 5.11. The number of benzene rings is 1. The van der Waals surface area contributed by atoms with Crippen molar-refractivity contribution in [1.82, 2.24) is 10.6 Å². The van der Waals surface area contributed by atoms with Crippen molar-refractivity contribution in [1.29, 1.82) is 0 Å². The molecule has 0 saturated carbocycles. The Balaban J connectivity index is 2.01. The maximum atomic E-state index is 12.4. The normalized spacial score (nSPS) is 24.7. The minimum absolute atomic E-state index is 0.115. The first-order chi connectivity index (χ1) is 9.22. The van der Waals surface area contributed by atoms with Crippen LogP contribution in [0.4, 0.5) is 0 Å². The van der Waals surface area contributed by atoms with Crippen LogP contribution < -0.4 is 10.6 Å². The van der Waals surface area contributed by atoms with Crippen molar-refractivity contribution in [2.75, 3.05) is 19.3 Å². The molecule has 0 radical (unpaired) electrons. The largest absolute Gasteiger partial charge is 0.351 e. The molecule has 3 atom stereocenters. The molecule has 104 valence electrons. The molecule has 0 aliphatic carbocycles. The Hall–Kier alpha value is -1.00. The Kier molecular flexibility index (Phi) is 5.28. The average Bonchev–Trinajstić information content (AvgIpc) is 2.43. The van der Waals surface area contributed by atoms with E-state index >= 15 is 0 Å². The predicted octanol–water partition coefficient (Wildman–Crippen LogP) is 2.20. The fourth-order valence-corrected chi connectivity index (χ4v) is 3.18. The van der Waals surface area contributed by atoms with Crippen molar-refractivity contribution < 1.29 is 4.79 Å². The summed E-state index contributed by atoms with van der Waals surface area (Å²) in [4.78, 5) is 12.4. The summed E-state index contributed by atoms with van der Waals surface area (Å²) in [7, 11) is 0. The molecule has 4 heteroatoms. The molecule has 1 saturated heterocycles. The Morgan fingerprint density at radius 1 is 1.42 bits per heavy atom. The molecule has 19 heavy (non-hydrogen) atoms. The topological polar surface area (TPSA) is 41.1 Å².